The lowest BCUT2D eigenvalue weighted by Gasteiger charge is -2.24. The third kappa shape index (κ3) is 6.07. The van der Waals surface area contributed by atoms with Crippen molar-refractivity contribution in [3.05, 3.63) is 65.2 Å². The maximum absolute atomic E-state index is 12.7. The Hall–Kier alpha value is -2.90. The molecule has 0 bridgehead atoms. The summed E-state index contributed by atoms with van der Waals surface area (Å²) in [6.45, 7) is 2.17. The number of amides is 4. The first-order chi connectivity index (χ1) is 13.4. The number of anilines is 1. The maximum Gasteiger partial charge on any atom is 0.321 e. The molecule has 2 atom stereocenters. The van der Waals surface area contributed by atoms with Gasteiger partial charge in [0.2, 0.25) is 0 Å². The van der Waals surface area contributed by atoms with E-state index in [2.05, 4.69) is 16.0 Å². The lowest BCUT2D eigenvalue weighted by molar-refractivity contribution is -0.894. The number of rotatable bonds is 7. The number of benzene rings is 2. The summed E-state index contributed by atoms with van der Waals surface area (Å²) in [7, 11) is 1.72. The second kappa shape index (κ2) is 10.4. The predicted molar refractivity (Wildman–Crippen MR) is 108 cm³/mol. The Kier molecular flexibility index (Phi) is 7.98. The van der Waals surface area contributed by atoms with Crippen LogP contribution < -0.4 is 20.9 Å². The minimum absolute atomic E-state index is 0.00754. The van der Waals surface area contributed by atoms with E-state index < -0.39 is 18.0 Å². The van der Waals surface area contributed by atoms with Crippen LogP contribution in [0.15, 0.2) is 54.6 Å². The van der Waals surface area contributed by atoms with Crippen molar-refractivity contribution >= 4 is 35.1 Å². The molecule has 2 aromatic rings. The monoisotopic (exact) mass is 403 g/mol. The number of halogens is 1. The molecule has 1 unspecified atom stereocenters. The van der Waals surface area contributed by atoms with E-state index in [1.807, 2.05) is 6.07 Å². The van der Waals surface area contributed by atoms with Crippen LogP contribution in [-0.4, -0.2) is 38.0 Å². The second-order valence-electron chi connectivity index (χ2n) is 6.24. The smallest absolute Gasteiger partial charge is 0.321 e. The Morgan fingerprint density at radius 2 is 1.68 bits per heavy atom. The molecule has 0 aliphatic heterocycles. The van der Waals surface area contributed by atoms with Crippen molar-refractivity contribution in [2.45, 2.75) is 13.0 Å². The van der Waals surface area contributed by atoms with Gasteiger partial charge in [-0.1, -0.05) is 54.1 Å². The highest BCUT2D eigenvalue weighted by Gasteiger charge is 2.31. The van der Waals surface area contributed by atoms with Crippen molar-refractivity contribution in [1.29, 1.82) is 0 Å². The van der Waals surface area contributed by atoms with Crippen molar-refractivity contribution in [2.75, 3.05) is 25.5 Å². The van der Waals surface area contributed by atoms with E-state index in [1.165, 1.54) is 0 Å². The van der Waals surface area contributed by atoms with Gasteiger partial charge >= 0.3 is 6.03 Å². The van der Waals surface area contributed by atoms with Gasteiger partial charge in [0.1, 0.15) is 0 Å². The first-order valence-electron chi connectivity index (χ1n) is 8.92. The molecule has 0 saturated heterocycles. The number of carbonyl (C=O) groups is 3. The van der Waals surface area contributed by atoms with Gasteiger partial charge in [-0.2, -0.15) is 0 Å². The third-order valence-electron chi connectivity index (χ3n) is 4.05. The molecule has 0 fully saturated rings. The van der Waals surface area contributed by atoms with Crippen LogP contribution in [-0.2, 0) is 9.59 Å². The van der Waals surface area contributed by atoms with E-state index in [9.17, 15) is 14.4 Å². The summed E-state index contributed by atoms with van der Waals surface area (Å²) in [6, 6.07) is 14.6. The number of quaternary nitrogens is 1. The van der Waals surface area contributed by atoms with E-state index in [1.54, 1.807) is 62.5 Å². The summed E-state index contributed by atoms with van der Waals surface area (Å²) in [4.78, 5) is 37.6. The summed E-state index contributed by atoms with van der Waals surface area (Å²) < 4.78 is 0. The van der Waals surface area contributed by atoms with E-state index in [4.69, 9.17) is 11.6 Å². The number of hydrogen-bond acceptors (Lipinski definition) is 3. The van der Waals surface area contributed by atoms with E-state index in [-0.39, 0.29) is 12.5 Å². The molecule has 0 aliphatic rings. The number of nitrogens with one attached hydrogen (secondary N) is 4. The Morgan fingerprint density at radius 3 is 2.32 bits per heavy atom. The van der Waals surface area contributed by atoms with Gasteiger partial charge in [-0.15, -0.1) is 0 Å². The summed E-state index contributed by atoms with van der Waals surface area (Å²) in [5, 5.41) is 8.03. The van der Waals surface area contributed by atoms with Gasteiger partial charge in [0.05, 0.1) is 17.8 Å². The zero-order valence-corrected chi connectivity index (χ0v) is 16.5. The first-order valence-corrected chi connectivity index (χ1v) is 9.30. The molecule has 0 radical (unpaired) electrons. The lowest BCUT2D eigenvalue weighted by Crippen LogP contribution is -3.11. The number of urea groups is 1. The highest BCUT2D eigenvalue weighted by Crippen LogP contribution is 2.20. The van der Waals surface area contributed by atoms with E-state index in [0.29, 0.717) is 27.7 Å². The molecule has 8 heteroatoms. The van der Waals surface area contributed by atoms with Crippen LogP contribution >= 0.6 is 11.6 Å². The van der Waals surface area contributed by atoms with Gasteiger partial charge in [0.25, 0.3) is 11.8 Å². The normalized spacial score (nSPS) is 12.5. The molecule has 4 amide bonds. The predicted octanol–water partition coefficient (Wildman–Crippen LogP) is 1.38. The Bertz CT molecular complexity index is 829. The molecule has 0 heterocycles. The molecule has 7 nitrogen and oxygen atoms in total. The highest BCUT2D eigenvalue weighted by molar-refractivity contribution is 6.33. The van der Waals surface area contributed by atoms with Gasteiger partial charge in [0, 0.05) is 12.1 Å². The SMILES string of the molecule is CCNC(=O)NC(=O)[C@@H](c1ccccc1)[NH+](C)CC(=O)Nc1ccccc1Cl. The second-order valence-corrected chi connectivity index (χ2v) is 6.65. The third-order valence-corrected chi connectivity index (χ3v) is 4.38. The van der Waals surface area contributed by atoms with Gasteiger partial charge in [0.15, 0.2) is 12.6 Å². The van der Waals surface area contributed by atoms with Crippen LogP contribution in [0.25, 0.3) is 0 Å². The summed E-state index contributed by atoms with van der Waals surface area (Å²) >= 11 is 6.07. The Labute approximate surface area is 169 Å². The van der Waals surface area contributed by atoms with Crippen LogP contribution in [0.3, 0.4) is 0 Å². The zero-order valence-electron chi connectivity index (χ0n) is 15.8. The molecular formula is C20H24ClN4O3+. The van der Waals surface area contributed by atoms with Crippen molar-refractivity contribution in [2.24, 2.45) is 0 Å². The molecular weight excluding hydrogens is 380 g/mol. The van der Waals surface area contributed by atoms with Crippen molar-refractivity contribution in [3.63, 3.8) is 0 Å². The maximum atomic E-state index is 12.7. The molecule has 0 saturated carbocycles. The van der Waals surface area contributed by atoms with Gasteiger partial charge < -0.3 is 15.5 Å². The minimum atomic E-state index is -0.735. The fourth-order valence-electron chi connectivity index (χ4n) is 2.81. The number of hydrogen-bond donors (Lipinski definition) is 4. The van der Waals surface area contributed by atoms with Crippen LogP contribution in [0.4, 0.5) is 10.5 Å². The topological polar surface area (TPSA) is 91.7 Å². The zero-order chi connectivity index (χ0) is 20.5. The quantitative estimate of drug-likeness (QED) is 0.563. The molecule has 2 aromatic carbocycles. The van der Waals surface area contributed by atoms with Gasteiger partial charge in [-0.3, -0.25) is 14.9 Å². The minimum Gasteiger partial charge on any atom is -0.338 e. The number of likely N-dealkylation sites (N-methyl/N-ethyl adjacent to an activating group) is 1. The summed E-state index contributed by atoms with van der Waals surface area (Å²) in [5.41, 5.74) is 1.21. The van der Waals surface area contributed by atoms with E-state index >= 15 is 0 Å². The first kappa shape index (κ1) is 21.4. The molecule has 28 heavy (non-hydrogen) atoms. The Morgan fingerprint density at radius 1 is 1.04 bits per heavy atom. The van der Waals surface area contributed by atoms with Crippen molar-refractivity contribution in [3.8, 4) is 0 Å². The molecule has 0 spiro atoms. The summed E-state index contributed by atoms with van der Waals surface area (Å²) in [6.07, 6.45) is 0. The van der Waals surface area contributed by atoms with Crippen LogP contribution in [0.2, 0.25) is 5.02 Å². The standard InChI is InChI=1S/C20H23ClN4O3/c1-3-22-20(28)24-19(27)18(14-9-5-4-6-10-14)25(2)13-17(26)23-16-12-8-7-11-15(16)21/h4-12,18H,3,13H2,1-2H3,(H,23,26)(H2,22,24,27,28)/p+1/t18-/m1/s1. The molecule has 2 rings (SSSR count). The van der Waals surface area contributed by atoms with E-state index in [0.717, 1.165) is 0 Å². The van der Waals surface area contributed by atoms with Crippen LogP contribution in [0, 0.1) is 0 Å². The summed E-state index contributed by atoms with van der Waals surface area (Å²) in [5.74, 6) is -0.780. The number of imide groups is 1. The van der Waals surface area contributed by atoms with Gasteiger partial charge in [-0.05, 0) is 19.1 Å². The van der Waals surface area contributed by atoms with Crippen molar-refractivity contribution in [1.82, 2.24) is 10.6 Å². The largest absolute Gasteiger partial charge is 0.338 e. The van der Waals surface area contributed by atoms with Crippen molar-refractivity contribution < 1.29 is 19.3 Å². The van der Waals surface area contributed by atoms with Crippen LogP contribution in [0.1, 0.15) is 18.5 Å². The fraction of sp³-hybridized carbons (Fsp3) is 0.250. The molecule has 148 valence electrons. The molecule has 0 aliphatic carbocycles. The number of para-hydroxylation sites is 1. The Balaban J connectivity index is 2.13. The average Bonchev–Trinajstić information content (AvgIpc) is 2.64. The lowest BCUT2D eigenvalue weighted by atomic mass is 10.0. The average molecular weight is 404 g/mol. The van der Waals surface area contributed by atoms with Gasteiger partial charge in [-0.25, -0.2) is 4.79 Å². The number of carbonyl (C=O) groups excluding carboxylic acids is 3. The molecule has 0 aromatic heterocycles. The molecule has 4 N–H and O–H groups in total. The fourth-order valence-corrected chi connectivity index (χ4v) is 2.99. The highest BCUT2D eigenvalue weighted by atomic mass is 35.5. The van der Waals surface area contributed by atoms with Crippen LogP contribution in [0.5, 0.6) is 0 Å².